The van der Waals surface area contributed by atoms with Crippen LogP contribution in [-0.4, -0.2) is 16.0 Å². The molecule has 0 aliphatic carbocycles. The number of ether oxygens (including phenoxy) is 1. The van der Waals surface area contributed by atoms with Crippen molar-refractivity contribution < 1.29 is 9.94 Å². The van der Waals surface area contributed by atoms with E-state index in [0.717, 1.165) is 15.2 Å². The van der Waals surface area contributed by atoms with E-state index >= 15 is 0 Å². The van der Waals surface area contributed by atoms with Crippen LogP contribution in [0.15, 0.2) is 53.7 Å². The molecule has 0 saturated carbocycles. The molecule has 0 amide bonds. The lowest BCUT2D eigenvalue weighted by molar-refractivity contribution is 0.305. The Labute approximate surface area is 125 Å². The molecule has 0 radical (unpaired) electrons. The molecule has 0 saturated heterocycles. The van der Waals surface area contributed by atoms with Crippen molar-refractivity contribution in [3.8, 4) is 5.75 Å². The highest BCUT2D eigenvalue weighted by molar-refractivity contribution is 7.18. The average molecular weight is 299 g/mol. The maximum Gasteiger partial charge on any atom is 0.170 e. The minimum absolute atomic E-state index is 0.0766. The maximum atomic E-state index is 8.60. The number of hydrogen-bond acceptors (Lipinski definition) is 5. The number of amidine groups is 1. The molecule has 0 aliphatic heterocycles. The molecule has 3 aromatic rings. The summed E-state index contributed by atoms with van der Waals surface area (Å²) in [6, 6.07) is 15.0. The lowest BCUT2D eigenvalue weighted by atomic mass is 10.2. The average Bonchev–Trinajstić information content (AvgIpc) is 2.95. The number of fused-ring (bicyclic) bond motifs is 1. The van der Waals surface area contributed by atoms with E-state index in [2.05, 4.69) is 10.1 Å². The summed E-state index contributed by atoms with van der Waals surface area (Å²) in [5, 5.41) is 12.5. The molecule has 0 spiro atoms. The summed E-state index contributed by atoms with van der Waals surface area (Å²) in [6.45, 7) is 0.419. The van der Waals surface area contributed by atoms with E-state index in [-0.39, 0.29) is 5.84 Å². The summed E-state index contributed by atoms with van der Waals surface area (Å²) in [7, 11) is 0. The maximum absolute atomic E-state index is 8.60. The van der Waals surface area contributed by atoms with E-state index in [4.69, 9.17) is 15.7 Å². The van der Waals surface area contributed by atoms with Crippen molar-refractivity contribution in [3.05, 3.63) is 59.1 Å². The van der Waals surface area contributed by atoms with Crippen LogP contribution in [-0.2, 0) is 6.61 Å². The molecular weight excluding hydrogens is 286 g/mol. The van der Waals surface area contributed by atoms with Gasteiger partial charge < -0.3 is 15.7 Å². The van der Waals surface area contributed by atoms with Crippen molar-refractivity contribution in [3.63, 3.8) is 0 Å². The van der Waals surface area contributed by atoms with Gasteiger partial charge in [-0.3, -0.25) is 0 Å². The second-order valence-electron chi connectivity index (χ2n) is 4.37. The van der Waals surface area contributed by atoms with Crippen LogP contribution in [0, 0.1) is 0 Å². The third-order valence-electron chi connectivity index (χ3n) is 2.96. The normalized spacial score (nSPS) is 11.7. The van der Waals surface area contributed by atoms with Crippen LogP contribution in [0.25, 0.3) is 10.2 Å². The van der Waals surface area contributed by atoms with Crippen LogP contribution in [0.3, 0.4) is 0 Å². The molecule has 3 rings (SSSR count). The van der Waals surface area contributed by atoms with Gasteiger partial charge in [0, 0.05) is 5.56 Å². The Morgan fingerprint density at radius 2 is 1.95 bits per heavy atom. The Hall–Kier alpha value is -2.60. The number of para-hydroxylation sites is 1. The smallest absolute Gasteiger partial charge is 0.170 e. The molecule has 6 heteroatoms. The number of oxime groups is 1. The van der Waals surface area contributed by atoms with E-state index in [9.17, 15) is 0 Å². The molecule has 0 unspecified atom stereocenters. The number of rotatable bonds is 4. The Morgan fingerprint density at radius 1 is 1.19 bits per heavy atom. The first kappa shape index (κ1) is 13.4. The quantitative estimate of drug-likeness (QED) is 0.336. The molecule has 0 aliphatic rings. The van der Waals surface area contributed by atoms with E-state index < -0.39 is 0 Å². The van der Waals surface area contributed by atoms with Crippen LogP contribution in [0.2, 0.25) is 0 Å². The molecule has 5 nitrogen and oxygen atoms in total. The fourth-order valence-electron chi connectivity index (χ4n) is 1.91. The minimum Gasteiger partial charge on any atom is -0.486 e. The molecule has 3 N–H and O–H groups in total. The zero-order valence-corrected chi connectivity index (χ0v) is 11.9. The van der Waals surface area contributed by atoms with Gasteiger partial charge in [0.15, 0.2) is 5.84 Å². The van der Waals surface area contributed by atoms with Gasteiger partial charge in [0.1, 0.15) is 17.4 Å². The topological polar surface area (TPSA) is 80.7 Å². The zero-order chi connectivity index (χ0) is 14.7. The van der Waals surface area contributed by atoms with Crippen molar-refractivity contribution in [1.82, 2.24) is 4.98 Å². The van der Waals surface area contributed by atoms with Gasteiger partial charge in [-0.05, 0) is 36.4 Å². The molecular formula is C15H13N3O2S. The van der Waals surface area contributed by atoms with E-state index in [0.29, 0.717) is 17.9 Å². The van der Waals surface area contributed by atoms with Crippen molar-refractivity contribution in [1.29, 1.82) is 0 Å². The first-order chi connectivity index (χ1) is 10.3. The summed E-state index contributed by atoms with van der Waals surface area (Å²) in [5.41, 5.74) is 7.14. The van der Waals surface area contributed by atoms with Gasteiger partial charge in [-0.2, -0.15) is 0 Å². The Kier molecular flexibility index (Phi) is 3.70. The highest BCUT2D eigenvalue weighted by atomic mass is 32.1. The van der Waals surface area contributed by atoms with Gasteiger partial charge in [0.2, 0.25) is 0 Å². The zero-order valence-electron chi connectivity index (χ0n) is 11.1. The molecule has 0 bridgehead atoms. The highest BCUT2D eigenvalue weighted by Crippen LogP contribution is 2.23. The third kappa shape index (κ3) is 2.95. The predicted octanol–water partition coefficient (Wildman–Crippen LogP) is 2.97. The predicted molar refractivity (Wildman–Crippen MR) is 82.9 cm³/mol. The summed E-state index contributed by atoms with van der Waals surface area (Å²) in [5.74, 6) is 0.788. The second-order valence-corrected chi connectivity index (χ2v) is 5.49. The van der Waals surface area contributed by atoms with Crippen LogP contribution in [0.5, 0.6) is 5.75 Å². The molecule has 2 aromatic carbocycles. The Balaban J connectivity index is 1.69. The van der Waals surface area contributed by atoms with E-state index in [1.807, 2.05) is 24.3 Å². The number of thiazole rings is 1. The minimum atomic E-state index is 0.0766. The lowest BCUT2D eigenvalue weighted by Gasteiger charge is -2.04. The first-order valence-electron chi connectivity index (χ1n) is 6.31. The summed E-state index contributed by atoms with van der Waals surface area (Å²) < 4.78 is 6.85. The number of nitrogens with two attached hydrogens (primary N) is 1. The van der Waals surface area contributed by atoms with Gasteiger partial charge in [-0.25, -0.2) is 4.98 Å². The molecule has 21 heavy (non-hydrogen) atoms. The summed E-state index contributed by atoms with van der Waals surface area (Å²) >= 11 is 1.62. The monoisotopic (exact) mass is 299 g/mol. The Morgan fingerprint density at radius 3 is 2.67 bits per heavy atom. The van der Waals surface area contributed by atoms with Crippen LogP contribution in [0.4, 0.5) is 0 Å². The number of hydrogen-bond donors (Lipinski definition) is 2. The molecule has 1 aromatic heterocycles. The third-order valence-corrected chi connectivity index (χ3v) is 3.97. The van der Waals surface area contributed by atoms with E-state index in [1.54, 1.807) is 35.6 Å². The number of nitrogens with zero attached hydrogens (tertiary/aromatic N) is 2. The number of aromatic nitrogens is 1. The second kappa shape index (κ2) is 5.80. The fourth-order valence-corrected chi connectivity index (χ4v) is 2.79. The summed E-state index contributed by atoms with van der Waals surface area (Å²) in [6.07, 6.45) is 0. The van der Waals surface area contributed by atoms with Gasteiger partial charge in [-0.1, -0.05) is 17.3 Å². The first-order valence-corrected chi connectivity index (χ1v) is 7.13. The van der Waals surface area contributed by atoms with Crippen molar-refractivity contribution in [2.45, 2.75) is 6.61 Å². The van der Waals surface area contributed by atoms with Gasteiger partial charge in [-0.15, -0.1) is 11.3 Å². The standard InChI is InChI=1S/C15H13N3O2S/c16-15(18-19)10-5-7-11(8-6-10)20-9-14-17-12-3-1-2-4-13(12)21-14/h1-8,19H,9H2,(H2,16,18). The molecule has 106 valence electrons. The van der Waals surface area contributed by atoms with Crippen LogP contribution >= 0.6 is 11.3 Å². The van der Waals surface area contributed by atoms with E-state index in [1.165, 1.54) is 0 Å². The van der Waals surface area contributed by atoms with Crippen molar-refractivity contribution in [2.75, 3.05) is 0 Å². The largest absolute Gasteiger partial charge is 0.486 e. The van der Waals surface area contributed by atoms with Gasteiger partial charge in [0.05, 0.1) is 10.2 Å². The van der Waals surface area contributed by atoms with Crippen LogP contribution < -0.4 is 10.5 Å². The van der Waals surface area contributed by atoms with Gasteiger partial charge in [0.25, 0.3) is 0 Å². The number of benzene rings is 2. The fraction of sp³-hybridized carbons (Fsp3) is 0.0667. The molecule has 0 fully saturated rings. The van der Waals surface area contributed by atoms with Crippen LogP contribution in [0.1, 0.15) is 10.6 Å². The molecule has 1 heterocycles. The van der Waals surface area contributed by atoms with Gasteiger partial charge >= 0.3 is 0 Å². The lowest BCUT2D eigenvalue weighted by Crippen LogP contribution is -2.12. The van der Waals surface area contributed by atoms with Crippen molar-refractivity contribution in [2.24, 2.45) is 10.9 Å². The Bertz CT molecular complexity index is 748. The highest BCUT2D eigenvalue weighted by Gasteiger charge is 2.04. The summed E-state index contributed by atoms with van der Waals surface area (Å²) in [4.78, 5) is 4.51. The van der Waals surface area contributed by atoms with Crippen molar-refractivity contribution >= 4 is 27.4 Å². The molecule has 0 atom stereocenters. The SMILES string of the molecule is N/C(=N/O)c1ccc(OCc2nc3ccccc3s2)cc1.